The lowest BCUT2D eigenvalue weighted by molar-refractivity contribution is 0.0702. The first-order valence-corrected chi connectivity index (χ1v) is 5.52. The molecule has 2 heterocycles. The monoisotopic (exact) mass is 255 g/mol. The Kier molecular flexibility index (Phi) is 3.07. The number of nitrogens with zero attached hydrogens (tertiary/aromatic N) is 1. The molecule has 2 aromatic heterocycles. The SMILES string of the molecule is O=C(O)c1cc(Oc2ccc(Cl)cn2)cs1. The lowest BCUT2D eigenvalue weighted by atomic mass is 10.4. The second-order valence-electron chi connectivity index (χ2n) is 2.87. The van der Waals surface area contributed by atoms with Gasteiger partial charge in [0.2, 0.25) is 5.88 Å². The van der Waals surface area contributed by atoms with E-state index in [1.165, 1.54) is 12.3 Å². The third-order valence-corrected chi connectivity index (χ3v) is 2.83. The number of pyridine rings is 1. The molecule has 0 atom stereocenters. The van der Waals surface area contributed by atoms with Crippen LogP contribution in [0.3, 0.4) is 0 Å². The molecule has 0 aliphatic carbocycles. The highest BCUT2D eigenvalue weighted by molar-refractivity contribution is 7.12. The molecule has 2 aromatic rings. The maximum Gasteiger partial charge on any atom is 0.346 e. The summed E-state index contributed by atoms with van der Waals surface area (Å²) in [6.07, 6.45) is 1.46. The molecule has 6 heteroatoms. The molecule has 0 radical (unpaired) electrons. The lowest BCUT2D eigenvalue weighted by Crippen LogP contribution is -1.90. The molecule has 0 amide bonds. The number of rotatable bonds is 3. The number of hydrogen-bond acceptors (Lipinski definition) is 4. The third kappa shape index (κ3) is 2.50. The second kappa shape index (κ2) is 4.51. The first kappa shape index (κ1) is 10.9. The summed E-state index contributed by atoms with van der Waals surface area (Å²) in [5.74, 6) is -0.139. The standard InChI is InChI=1S/C10H6ClNO3S/c11-6-1-2-9(12-4-6)15-7-3-8(10(13)14)16-5-7/h1-5H,(H,13,14). The quantitative estimate of drug-likeness (QED) is 0.914. The van der Waals surface area contributed by atoms with E-state index in [0.29, 0.717) is 16.7 Å². The summed E-state index contributed by atoms with van der Waals surface area (Å²) < 4.78 is 5.34. The fourth-order valence-corrected chi connectivity index (χ4v) is 1.78. The smallest absolute Gasteiger partial charge is 0.346 e. The minimum absolute atomic E-state index is 0.226. The third-order valence-electron chi connectivity index (χ3n) is 1.71. The van der Waals surface area contributed by atoms with Crippen molar-refractivity contribution in [3.8, 4) is 11.6 Å². The molecule has 2 rings (SSSR count). The summed E-state index contributed by atoms with van der Waals surface area (Å²) in [5.41, 5.74) is 0. The molecule has 0 saturated carbocycles. The van der Waals surface area contributed by atoms with Gasteiger partial charge in [0.1, 0.15) is 10.6 Å². The summed E-state index contributed by atoms with van der Waals surface area (Å²) in [4.78, 5) is 14.8. The average molecular weight is 256 g/mol. The zero-order valence-electron chi connectivity index (χ0n) is 7.88. The van der Waals surface area contributed by atoms with Crippen molar-refractivity contribution in [1.82, 2.24) is 4.98 Å². The summed E-state index contributed by atoms with van der Waals surface area (Å²) in [5, 5.41) is 10.9. The largest absolute Gasteiger partial charge is 0.477 e. The van der Waals surface area contributed by atoms with Gasteiger partial charge in [0.05, 0.1) is 5.02 Å². The van der Waals surface area contributed by atoms with E-state index in [1.807, 2.05) is 0 Å². The van der Waals surface area contributed by atoms with Crippen molar-refractivity contribution in [2.45, 2.75) is 0 Å². The molecule has 1 N–H and O–H groups in total. The number of aromatic nitrogens is 1. The molecule has 0 unspecified atom stereocenters. The van der Waals surface area contributed by atoms with E-state index in [9.17, 15) is 4.79 Å². The number of carboxylic acid groups (broad SMARTS) is 1. The predicted octanol–water partition coefficient (Wildman–Crippen LogP) is 3.29. The van der Waals surface area contributed by atoms with Crippen molar-refractivity contribution in [2.75, 3.05) is 0 Å². The van der Waals surface area contributed by atoms with Crippen molar-refractivity contribution in [3.05, 3.63) is 39.7 Å². The van der Waals surface area contributed by atoms with Gasteiger partial charge in [-0.25, -0.2) is 9.78 Å². The summed E-state index contributed by atoms with van der Waals surface area (Å²) in [7, 11) is 0. The molecular formula is C10H6ClNO3S. The number of hydrogen-bond donors (Lipinski definition) is 1. The van der Waals surface area contributed by atoms with Crippen molar-refractivity contribution in [2.24, 2.45) is 0 Å². The van der Waals surface area contributed by atoms with Crippen LogP contribution >= 0.6 is 22.9 Å². The van der Waals surface area contributed by atoms with Crippen LogP contribution in [0.2, 0.25) is 5.02 Å². The number of thiophene rings is 1. The maximum atomic E-state index is 10.6. The van der Waals surface area contributed by atoms with E-state index in [0.717, 1.165) is 11.3 Å². The van der Waals surface area contributed by atoms with Crippen LogP contribution < -0.4 is 4.74 Å². The van der Waals surface area contributed by atoms with Gasteiger partial charge in [-0.15, -0.1) is 11.3 Å². The zero-order chi connectivity index (χ0) is 11.5. The Labute approximate surface area is 100 Å². The van der Waals surface area contributed by atoms with Gasteiger partial charge in [0.25, 0.3) is 0 Å². The number of carboxylic acids is 1. The fourth-order valence-electron chi connectivity index (χ4n) is 1.03. The van der Waals surface area contributed by atoms with Crippen molar-refractivity contribution < 1.29 is 14.6 Å². The predicted molar refractivity (Wildman–Crippen MR) is 60.6 cm³/mol. The van der Waals surface area contributed by atoms with Crippen molar-refractivity contribution in [1.29, 1.82) is 0 Å². The van der Waals surface area contributed by atoms with E-state index in [-0.39, 0.29) is 4.88 Å². The number of halogens is 1. The Morgan fingerprint density at radius 3 is 2.88 bits per heavy atom. The minimum Gasteiger partial charge on any atom is -0.477 e. The van der Waals surface area contributed by atoms with E-state index in [1.54, 1.807) is 17.5 Å². The lowest BCUT2D eigenvalue weighted by Gasteiger charge is -2.00. The van der Waals surface area contributed by atoms with E-state index < -0.39 is 5.97 Å². The van der Waals surface area contributed by atoms with Crippen LogP contribution in [0.25, 0.3) is 0 Å². The molecule has 0 saturated heterocycles. The average Bonchev–Trinajstić information content (AvgIpc) is 2.70. The van der Waals surface area contributed by atoms with Gasteiger partial charge in [-0.2, -0.15) is 0 Å². The molecule has 82 valence electrons. The van der Waals surface area contributed by atoms with Gasteiger partial charge in [-0.3, -0.25) is 0 Å². The molecule has 16 heavy (non-hydrogen) atoms. The number of aromatic carboxylic acids is 1. The summed E-state index contributed by atoms with van der Waals surface area (Å²) in [6.45, 7) is 0. The van der Waals surface area contributed by atoms with Crippen LogP contribution in [-0.4, -0.2) is 16.1 Å². The van der Waals surface area contributed by atoms with Gasteiger partial charge in [0.15, 0.2) is 0 Å². The highest BCUT2D eigenvalue weighted by atomic mass is 35.5. The Balaban J connectivity index is 2.14. The Hall–Kier alpha value is -1.59. The van der Waals surface area contributed by atoms with Gasteiger partial charge in [0, 0.05) is 23.7 Å². The molecule has 0 aliphatic rings. The maximum absolute atomic E-state index is 10.6. The molecular weight excluding hydrogens is 250 g/mol. The van der Waals surface area contributed by atoms with Gasteiger partial charge >= 0.3 is 5.97 Å². The van der Waals surface area contributed by atoms with Gasteiger partial charge in [-0.05, 0) is 6.07 Å². The molecule has 0 aliphatic heterocycles. The first-order chi connectivity index (χ1) is 7.65. The van der Waals surface area contributed by atoms with E-state index in [4.69, 9.17) is 21.4 Å². The van der Waals surface area contributed by atoms with Crippen LogP contribution in [0.15, 0.2) is 29.8 Å². The molecule has 0 fully saturated rings. The molecule has 0 bridgehead atoms. The summed E-state index contributed by atoms with van der Waals surface area (Å²) >= 11 is 6.77. The highest BCUT2D eigenvalue weighted by Crippen LogP contribution is 2.26. The highest BCUT2D eigenvalue weighted by Gasteiger charge is 2.08. The Morgan fingerprint density at radius 1 is 1.50 bits per heavy atom. The molecule has 0 aromatic carbocycles. The Bertz CT molecular complexity index is 509. The van der Waals surface area contributed by atoms with Crippen LogP contribution in [0.5, 0.6) is 11.6 Å². The Morgan fingerprint density at radius 2 is 2.31 bits per heavy atom. The first-order valence-electron chi connectivity index (χ1n) is 4.26. The number of carbonyl (C=O) groups is 1. The zero-order valence-corrected chi connectivity index (χ0v) is 9.46. The topological polar surface area (TPSA) is 59.4 Å². The number of ether oxygens (including phenoxy) is 1. The second-order valence-corrected chi connectivity index (χ2v) is 4.22. The van der Waals surface area contributed by atoms with Gasteiger partial charge < -0.3 is 9.84 Å². The van der Waals surface area contributed by atoms with Crippen LogP contribution in [0.4, 0.5) is 0 Å². The fraction of sp³-hybridized carbons (Fsp3) is 0. The molecule has 0 spiro atoms. The van der Waals surface area contributed by atoms with Crippen molar-refractivity contribution >= 4 is 28.9 Å². The van der Waals surface area contributed by atoms with Crippen LogP contribution in [-0.2, 0) is 0 Å². The summed E-state index contributed by atoms with van der Waals surface area (Å²) in [6, 6.07) is 4.71. The van der Waals surface area contributed by atoms with E-state index in [2.05, 4.69) is 4.98 Å². The van der Waals surface area contributed by atoms with Gasteiger partial charge in [-0.1, -0.05) is 11.6 Å². The minimum atomic E-state index is -0.969. The van der Waals surface area contributed by atoms with Crippen LogP contribution in [0, 0.1) is 0 Å². The van der Waals surface area contributed by atoms with Crippen LogP contribution in [0.1, 0.15) is 9.67 Å². The van der Waals surface area contributed by atoms with Crippen molar-refractivity contribution in [3.63, 3.8) is 0 Å². The van der Waals surface area contributed by atoms with E-state index >= 15 is 0 Å². The normalized spacial score (nSPS) is 10.1. The molecule has 4 nitrogen and oxygen atoms in total.